The molecule has 1 aromatic heterocycles. The molecule has 0 atom stereocenters. The predicted molar refractivity (Wildman–Crippen MR) is 148 cm³/mol. The van der Waals surface area contributed by atoms with Crippen molar-refractivity contribution in [3.8, 4) is 34.2 Å². The van der Waals surface area contributed by atoms with Gasteiger partial charge in [-0.2, -0.15) is 0 Å². The number of aromatic nitrogens is 2. The smallest absolute Gasteiger partial charge is 0.340 e. The largest absolute Gasteiger partial charge is 0.497 e. The molecule has 40 heavy (non-hydrogen) atoms. The molecule has 0 aliphatic heterocycles. The fraction of sp³-hybridized carbons (Fsp3) is 0.179. The number of aliphatic imine (C=N–C) groups is 1. The van der Waals surface area contributed by atoms with Gasteiger partial charge in [-0.3, -0.25) is 25.0 Å². The Morgan fingerprint density at radius 3 is 2.10 bits per heavy atom. The van der Waals surface area contributed by atoms with Crippen molar-refractivity contribution in [1.82, 2.24) is 9.78 Å². The van der Waals surface area contributed by atoms with E-state index < -0.39 is 16.5 Å². The number of nitrogens with zero attached hydrogens (tertiary/aromatic N) is 3. The van der Waals surface area contributed by atoms with Crippen molar-refractivity contribution in [2.24, 2.45) is 4.99 Å². The number of rotatable bonds is 9. The standard InChI is InChI=1S/C28H26N4O8/c1-16(29-22-15-24(39-4)23(38-3)14-21(22)28(34)40-5)25-26(17-6-12-20(37-2)13-7-17)30-31(27(25)33)18-8-10-19(11-9-18)32(35)36/h6-15,30H,1-5H3. The van der Waals surface area contributed by atoms with Crippen LogP contribution in [0.3, 0.4) is 0 Å². The van der Waals surface area contributed by atoms with E-state index in [0.29, 0.717) is 34.2 Å². The first-order valence-electron chi connectivity index (χ1n) is 11.9. The van der Waals surface area contributed by atoms with Crippen LogP contribution < -0.4 is 19.8 Å². The lowest BCUT2D eigenvalue weighted by molar-refractivity contribution is -0.384. The third-order valence-corrected chi connectivity index (χ3v) is 6.15. The molecule has 0 amide bonds. The van der Waals surface area contributed by atoms with Crippen LogP contribution in [0.4, 0.5) is 11.4 Å². The van der Waals surface area contributed by atoms with E-state index in [0.717, 1.165) is 0 Å². The molecular weight excluding hydrogens is 520 g/mol. The lowest BCUT2D eigenvalue weighted by Crippen LogP contribution is -2.19. The van der Waals surface area contributed by atoms with Crippen LogP contribution >= 0.6 is 0 Å². The number of carbonyl (C=O) groups excluding carboxylic acids is 1. The summed E-state index contributed by atoms with van der Waals surface area (Å²) in [5.74, 6) is 0.608. The van der Waals surface area contributed by atoms with E-state index in [1.807, 2.05) is 0 Å². The van der Waals surface area contributed by atoms with Gasteiger partial charge >= 0.3 is 5.97 Å². The van der Waals surface area contributed by atoms with Crippen LogP contribution in [0.25, 0.3) is 16.9 Å². The van der Waals surface area contributed by atoms with Gasteiger partial charge in [0.1, 0.15) is 5.75 Å². The first-order valence-corrected chi connectivity index (χ1v) is 11.9. The van der Waals surface area contributed by atoms with Gasteiger partial charge in [-0.15, -0.1) is 0 Å². The van der Waals surface area contributed by atoms with Gasteiger partial charge in [0, 0.05) is 29.8 Å². The van der Waals surface area contributed by atoms with E-state index in [1.165, 1.54) is 62.4 Å². The van der Waals surface area contributed by atoms with Gasteiger partial charge < -0.3 is 18.9 Å². The molecule has 0 aliphatic rings. The molecule has 1 N–H and O–H groups in total. The molecule has 0 saturated heterocycles. The zero-order chi connectivity index (χ0) is 29.0. The second-order valence-corrected chi connectivity index (χ2v) is 8.42. The van der Waals surface area contributed by atoms with Crippen LogP contribution in [-0.2, 0) is 4.74 Å². The Morgan fingerprint density at radius 1 is 0.925 bits per heavy atom. The Kier molecular flexibility index (Phi) is 7.99. The zero-order valence-electron chi connectivity index (χ0n) is 22.4. The summed E-state index contributed by atoms with van der Waals surface area (Å²) in [6.45, 7) is 1.63. The van der Waals surface area contributed by atoms with Crippen molar-refractivity contribution >= 4 is 23.1 Å². The highest BCUT2D eigenvalue weighted by molar-refractivity contribution is 6.06. The summed E-state index contributed by atoms with van der Waals surface area (Å²) in [7, 11) is 5.68. The number of hydrogen-bond donors (Lipinski definition) is 1. The van der Waals surface area contributed by atoms with E-state index in [4.69, 9.17) is 18.9 Å². The molecule has 0 fully saturated rings. The van der Waals surface area contributed by atoms with Crippen LogP contribution in [0.15, 0.2) is 70.5 Å². The summed E-state index contributed by atoms with van der Waals surface area (Å²) < 4.78 is 22.2. The summed E-state index contributed by atoms with van der Waals surface area (Å²) in [5, 5.41) is 14.2. The highest BCUT2D eigenvalue weighted by atomic mass is 16.6. The maximum absolute atomic E-state index is 13.8. The minimum atomic E-state index is -0.653. The Labute approximate surface area is 228 Å². The number of benzene rings is 3. The molecule has 0 aliphatic carbocycles. The third-order valence-electron chi connectivity index (χ3n) is 6.15. The Balaban J connectivity index is 1.95. The van der Waals surface area contributed by atoms with Gasteiger partial charge in [-0.25, -0.2) is 9.48 Å². The van der Waals surface area contributed by atoms with Crippen LogP contribution in [0, 0.1) is 10.1 Å². The molecule has 12 nitrogen and oxygen atoms in total. The summed E-state index contributed by atoms with van der Waals surface area (Å²) >= 11 is 0. The van der Waals surface area contributed by atoms with Gasteiger partial charge in [-0.1, -0.05) is 0 Å². The van der Waals surface area contributed by atoms with Crippen molar-refractivity contribution in [3.05, 3.63) is 92.3 Å². The van der Waals surface area contributed by atoms with Gasteiger partial charge in [0.05, 0.1) is 67.3 Å². The molecule has 0 unspecified atom stereocenters. The lowest BCUT2D eigenvalue weighted by Gasteiger charge is -2.12. The van der Waals surface area contributed by atoms with Crippen molar-refractivity contribution in [2.75, 3.05) is 28.4 Å². The van der Waals surface area contributed by atoms with Crippen LogP contribution in [0.1, 0.15) is 22.8 Å². The molecule has 0 saturated carbocycles. The summed E-state index contributed by atoms with van der Waals surface area (Å²) in [4.78, 5) is 41.6. The maximum Gasteiger partial charge on any atom is 0.340 e. The van der Waals surface area contributed by atoms with E-state index in [-0.39, 0.29) is 28.2 Å². The number of methoxy groups -OCH3 is 4. The molecule has 4 aromatic rings. The fourth-order valence-electron chi connectivity index (χ4n) is 4.12. The number of carbonyl (C=O) groups is 1. The number of nitrogens with one attached hydrogen (secondary N) is 1. The summed E-state index contributed by atoms with van der Waals surface area (Å²) in [6.07, 6.45) is 0. The van der Waals surface area contributed by atoms with Crippen molar-refractivity contribution < 1.29 is 28.7 Å². The number of nitro groups is 1. The van der Waals surface area contributed by atoms with E-state index in [2.05, 4.69) is 10.1 Å². The molecule has 1 heterocycles. The fourth-order valence-corrected chi connectivity index (χ4v) is 4.12. The highest BCUT2D eigenvalue weighted by Crippen LogP contribution is 2.36. The first kappa shape index (κ1) is 27.6. The van der Waals surface area contributed by atoms with Gasteiger partial charge in [-0.05, 0) is 43.3 Å². The average Bonchev–Trinajstić information content (AvgIpc) is 3.33. The van der Waals surface area contributed by atoms with Gasteiger partial charge in [0.2, 0.25) is 0 Å². The molecular formula is C28H26N4O8. The second kappa shape index (κ2) is 11.6. The zero-order valence-corrected chi connectivity index (χ0v) is 22.4. The van der Waals surface area contributed by atoms with E-state index in [1.54, 1.807) is 38.3 Å². The molecule has 0 spiro atoms. The summed E-state index contributed by atoms with van der Waals surface area (Å²) in [5.41, 5.74) is 1.71. The van der Waals surface area contributed by atoms with E-state index >= 15 is 0 Å². The van der Waals surface area contributed by atoms with Crippen LogP contribution in [-0.4, -0.2) is 54.8 Å². The number of nitro benzene ring substituents is 1. The molecule has 12 heteroatoms. The van der Waals surface area contributed by atoms with Gasteiger partial charge in [0.25, 0.3) is 11.2 Å². The van der Waals surface area contributed by atoms with Crippen molar-refractivity contribution in [2.45, 2.75) is 6.92 Å². The normalized spacial score (nSPS) is 11.2. The van der Waals surface area contributed by atoms with Gasteiger partial charge in [0.15, 0.2) is 11.5 Å². The molecule has 0 radical (unpaired) electrons. The van der Waals surface area contributed by atoms with Crippen molar-refractivity contribution in [1.29, 1.82) is 0 Å². The Hall–Kier alpha value is -5.39. The summed E-state index contributed by atoms with van der Waals surface area (Å²) in [6, 6.07) is 15.6. The third kappa shape index (κ3) is 5.27. The topological polar surface area (TPSA) is 147 Å². The predicted octanol–water partition coefficient (Wildman–Crippen LogP) is 4.69. The lowest BCUT2D eigenvalue weighted by atomic mass is 10.0. The number of esters is 1. The number of non-ortho nitro benzene ring substituents is 1. The van der Waals surface area contributed by atoms with Crippen LogP contribution in [0.2, 0.25) is 0 Å². The maximum atomic E-state index is 13.8. The van der Waals surface area contributed by atoms with E-state index in [9.17, 15) is 19.7 Å². The number of ether oxygens (including phenoxy) is 4. The Morgan fingerprint density at radius 2 is 1.55 bits per heavy atom. The second-order valence-electron chi connectivity index (χ2n) is 8.42. The quantitative estimate of drug-likeness (QED) is 0.138. The average molecular weight is 547 g/mol. The number of aromatic amines is 1. The molecule has 206 valence electrons. The molecule has 4 rings (SSSR count). The number of H-pyrrole nitrogens is 1. The molecule has 3 aromatic carbocycles. The minimum Gasteiger partial charge on any atom is -0.497 e. The minimum absolute atomic E-state index is 0.108. The molecule has 0 bridgehead atoms. The van der Waals surface area contributed by atoms with Crippen molar-refractivity contribution in [3.63, 3.8) is 0 Å². The highest BCUT2D eigenvalue weighted by Gasteiger charge is 2.22. The monoisotopic (exact) mass is 546 g/mol. The first-order chi connectivity index (χ1) is 19.2. The Bertz CT molecular complexity index is 1650. The SMILES string of the molecule is COC(=O)c1cc(OC)c(OC)cc1N=C(C)c1c(-c2ccc(OC)cc2)[nH]n(-c2ccc([N+](=O)[O-])cc2)c1=O. The van der Waals surface area contributed by atoms with Crippen LogP contribution in [0.5, 0.6) is 17.2 Å². The number of hydrogen-bond acceptors (Lipinski definition) is 9.